The first kappa shape index (κ1) is 76.4. The fourth-order valence-electron chi connectivity index (χ4n) is 11.6. The van der Waals surface area contributed by atoms with Crippen LogP contribution in [-0.4, -0.2) is 232 Å². The summed E-state index contributed by atoms with van der Waals surface area (Å²) in [6, 6.07) is 12.4. The lowest BCUT2D eigenvalue weighted by Gasteiger charge is -2.24. The SMILES string of the molecule is COc1cc2c(cc1OCCCOc1cc3c(cc1OC)C(=O)N1C=C(C4CC4)C[C@H]1C=C3)C=C[C@@H]1CC(c3ccc(NC(=O)[C@H](C)NC(=O)C(NC(=O)CCOCCOCCOCCOCCOCCOCCOCCOCCNC(=O)CCN4C(=O)C=CC4=O)C(C)C)cc3)=CN1C2=O. The summed E-state index contributed by atoms with van der Waals surface area (Å²) in [5.41, 5.74) is 6.21. The Morgan fingerprint density at radius 1 is 0.515 bits per heavy atom. The Morgan fingerprint density at radius 3 is 1.50 bits per heavy atom. The second kappa shape index (κ2) is 39.4. The lowest BCUT2D eigenvalue weighted by Crippen LogP contribution is -2.53. The second-order valence-electron chi connectivity index (χ2n) is 25.0. The Labute approximate surface area is 589 Å². The van der Waals surface area contributed by atoms with Gasteiger partial charge in [0.2, 0.25) is 23.6 Å². The summed E-state index contributed by atoms with van der Waals surface area (Å²) in [5.74, 6) is -0.383. The predicted molar refractivity (Wildman–Crippen MR) is 372 cm³/mol. The Morgan fingerprint density at radius 2 is 1.00 bits per heavy atom. The molecule has 1 fully saturated rings. The molecule has 27 nitrogen and oxygen atoms in total. The minimum absolute atomic E-state index is 0.0178. The average molecular weight is 1400 g/mol. The van der Waals surface area contributed by atoms with Gasteiger partial charge in [-0.2, -0.15) is 0 Å². The normalized spacial score (nSPS) is 17.2. The van der Waals surface area contributed by atoms with E-state index in [2.05, 4.69) is 27.3 Å². The van der Waals surface area contributed by atoms with E-state index < -0.39 is 35.7 Å². The highest BCUT2D eigenvalue weighted by Crippen LogP contribution is 2.45. The van der Waals surface area contributed by atoms with Gasteiger partial charge < -0.3 is 87.9 Å². The molecule has 3 aromatic carbocycles. The largest absolute Gasteiger partial charge is 0.493 e. The number of hydrogen-bond acceptors (Lipinski definition) is 20. The summed E-state index contributed by atoms with van der Waals surface area (Å²) in [4.78, 5) is 107. The zero-order valence-electron chi connectivity index (χ0n) is 58.3. The van der Waals surface area contributed by atoms with Crippen molar-refractivity contribution < 1.29 is 95.2 Å². The van der Waals surface area contributed by atoms with Gasteiger partial charge in [0, 0.05) is 62.6 Å². The van der Waals surface area contributed by atoms with Crippen molar-refractivity contribution in [1.29, 1.82) is 0 Å². The molecule has 6 aliphatic rings. The van der Waals surface area contributed by atoms with Gasteiger partial charge in [-0.1, -0.05) is 50.3 Å². The molecule has 3 aromatic rings. The van der Waals surface area contributed by atoms with Gasteiger partial charge in [-0.15, -0.1) is 0 Å². The van der Waals surface area contributed by atoms with Crippen molar-refractivity contribution in [3.63, 3.8) is 0 Å². The molecule has 0 spiro atoms. The number of amides is 8. The molecule has 4 atom stereocenters. The highest BCUT2D eigenvalue weighted by Gasteiger charge is 2.38. The summed E-state index contributed by atoms with van der Waals surface area (Å²) >= 11 is 0. The van der Waals surface area contributed by atoms with E-state index in [-0.39, 0.29) is 74.2 Å². The van der Waals surface area contributed by atoms with Crippen LogP contribution in [0.25, 0.3) is 17.7 Å². The Bertz CT molecular complexity index is 3490. The summed E-state index contributed by atoms with van der Waals surface area (Å²) in [5, 5.41) is 11.0. The Kier molecular flexibility index (Phi) is 29.8. The fourth-order valence-corrected chi connectivity index (χ4v) is 11.6. The van der Waals surface area contributed by atoms with E-state index in [1.54, 1.807) is 57.0 Å². The molecule has 0 radical (unpaired) electrons. The van der Waals surface area contributed by atoms with Crippen molar-refractivity contribution >= 4 is 70.7 Å². The van der Waals surface area contributed by atoms with E-state index in [1.807, 2.05) is 59.8 Å². The van der Waals surface area contributed by atoms with Gasteiger partial charge in [-0.25, -0.2) is 0 Å². The predicted octanol–water partition coefficient (Wildman–Crippen LogP) is 5.91. The first-order valence-corrected chi connectivity index (χ1v) is 34.6. The molecule has 0 bridgehead atoms. The number of benzene rings is 3. The number of hydrogen-bond donors (Lipinski definition) is 4. The van der Waals surface area contributed by atoms with Crippen molar-refractivity contribution in [3.8, 4) is 23.0 Å². The molecule has 8 amide bonds. The van der Waals surface area contributed by atoms with Gasteiger partial charge >= 0.3 is 0 Å². The second-order valence-corrected chi connectivity index (χ2v) is 25.0. The molecular weight excluding hydrogens is 1310 g/mol. The van der Waals surface area contributed by atoms with Crippen LogP contribution in [0.3, 0.4) is 0 Å². The van der Waals surface area contributed by atoms with E-state index in [4.69, 9.17) is 56.8 Å². The van der Waals surface area contributed by atoms with E-state index in [1.165, 1.54) is 37.7 Å². The standard InChI is InChI=1S/C74H95N7O20/c1-49(2)70(78-67(83)20-25-92-27-29-94-31-33-96-35-37-98-39-40-99-38-36-97-34-32-95-30-28-93-26-21-75-66(82)19-22-79-68(84)17-18-69(79)85)72(87)76-50(3)71(86)77-57-13-9-52(10-14-57)56-42-59-16-12-54-44-65(63(91-5)46-61(54)74(89)81(59)48-56)101-24-6-23-100-64-43-53-11-15-58-41-55(51-7-8-51)47-80(58)73(88)60(53)45-62(64)90-4/h9-18,43-51,58-59,70H,6-8,19-42H2,1-5H3,(H,75,82)(H,76,87)(H,77,86)(H,78,83)/t50-,58+,59+,70?/m0/s1. The lowest BCUT2D eigenvalue weighted by atomic mass is 10.0. The van der Waals surface area contributed by atoms with Crippen LogP contribution in [0, 0.1) is 11.8 Å². The molecule has 4 N–H and O–H groups in total. The molecular formula is C74H95N7O20. The average Bonchev–Trinajstić information content (AvgIpc) is 1.65. The highest BCUT2D eigenvalue weighted by atomic mass is 16.6. The number of nitrogens with zero attached hydrogens (tertiary/aromatic N) is 3. The number of anilines is 1. The molecule has 546 valence electrons. The molecule has 5 aliphatic heterocycles. The summed E-state index contributed by atoms with van der Waals surface area (Å²) in [6.45, 7) is 11.8. The summed E-state index contributed by atoms with van der Waals surface area (Å²) < 4.78 is 67.9. The zero-order valence-corrected chi connectivity index (χ0v) is 58.3. The van der Waals surface area contributed by atoms with Crippen molar-refractivity contribution in [3.05, 3.63) is 119 Å². The molecule has 1 aliphatic carbocycles. The van der Waals surface area contributed by atoms with Gasteiger partial charge in [-0.05, 0) is 109 Å². The summed E-state index contributed by atoms with van der Waals surface area (Å²) in [7, 11) is 3.10. The number of carbonyl (C=O) groups excluding carboxylic acids is 8. The maximum absolute atomic E-state index is 14.2. The molecule has 0 aromatic heterocycles. The quantitative estimate of drug-likeness (QED) is 0.0377. The number of rotatable bonds is 46. The highest BCUT2D eigenvalue weighted by molar-refractivity contribution is 6.13. The topological polar surface area (TPSA) is 305 Å². The third kappa shape index (κ3) is 22.9. The monoisotopic (exact) mass is 1400 g/mol. The molecule has 101 heavy (non-hydrogen) atoms. The Hall–Kier alpha value is -8.80. The number of carbonyl (C=O) groups is 8. The van der Waals surface area contributed by atoms with Gasteiger partial charge in [0.1, 0.15) is 12.1 Å². The van der Waals surface area contributed by atoms with Crippen molar-refractivity contribution in [2.45, 2.75) is 89.9 Å². The van der Waals surface area contributed by atoms with Crippen LogP contribution in [0.15, 0.2) is 90.8 Å². The molecule has 27 heteroatoms. The minimum atomic E-state index is -0.930. The molecule has 1 saturated carbocycles. The van der Waals surface area contributed by atoms with Gasteiger partial charge in [-0.3, -0.25) is 43.3 Å². The number of ether oxygens (including phenoxy) is 12. The first-order valence-electron chi connectivity index (χ1n) is 34.6. The Balaban J connectivity index is 0.570. The third-order valence-electron chi connectivity index (χ3n) is 17.3. The smallest absolute Gasteiger partial charge is 0.259 e. The maximum Gasteiger partial charge on any atom is 0.259 e. The minimum Gasteiger partial charge on any atom is -0.493 e. The van der Waals surface area contributed by atoms with Gasteiger partial charge in [0.15, 0.2) is 23.0 Å². The zero-order chi connectivity index (χ0) is 71.5. The van der Waals surface area contributed by atoms with E-state index in [0.29, 0.717) is 176 Å². The van der Waals surface area contributed by atoms with Crippen LogP contribution >= 0.6 is 0 Å². The summed E-state index contributed by atoms with van der Waals surface area (Å²) in [6.07, 6.45) is 18.7. The maximum atomic E-state index is 14.2. The van der Waals surface area contributed by atoms with Crippen LogP contribution in [0.5, 0.6) is 23.0 Å². The van der Waals surface area contributed by atoms with Crippen LogP contribution in [0.1, 0.15) is 103 Å². The van der Waals surface area contributed by atoms with Crippen LogP contribution < -0.4 is 40.2 Å². The molecule has 5 heterocycles. The van der Waals surface area contributed by atoms with E-state index in [9.17, 15) is 38.4 Å². The van der Waals surface area contributed by atoms with E-state index in [0.717, 1.165) is 28.0 Å². The lowest BCUT2D eigenvalue weighted by molar-refractivity contribution is -0.137. The van der Waals surface area contributed by atoms with Crippen LogP contribution in [0.4, 0.5) is 5.69 Å². The van der Waals surface area contributed by atoms with Crippen molar-refractivity contribution in [2.75, 3.05) is 152 Å². The van der Waals surface area contributed by atoms with Gasteiger partial charge in [0.05, 0.1) is 156 Å². The molecule has 1 unspecified atom stereocenters. The molecule has 0 saturated heterocycles. The van der Waals surface area contributed by atoms with Gasteiger partial charge in [0.25, 0.3) is 23.6 Å². The number of methoxy groups -OCH3 is 2. The fraction of sp³-hybridized carbons (Fsp3) is 0.514. The van der Waals surface area contributed by atoms with Crippen LogP contribution in [0.2, 0.25) is 0 Å². The van der Waals surface area contributed by atoms with Crippen molar-refractivity contribution in [2.24, 2.45) is 11.8 Å². The number of fused-ring (bicyclic) bond motifs is 4. The van der Waals surface area contributed by atoms with E-state index >= 15 is 0 Å². The first-order chi connectivity index (χ1) is 49.1. The van der Waals surface area contributed by atoms with Crippen LogP contribution in [-0.2, 0) is 66.7 Å². The number of nitrogens with one attached hydrogen (secondary N) is 4. The van der Waals surface area contributed by atoms with Crippen molar-refractivity contribution in [1.82, 2.24) is 30.7 Å². The third-order valence-corrected chi connectivity index (χ3v) is 17.3. The number of imide groups is 1. The molecule has 9 rings (SSSR count).